The second kappa shape index (κ2) is 8.77. The van der Waals surface area contributed by atoms with Crippen LogP contribution in [-0.4, -0.2) is 23.8 Å². The van der Waals surface area contributed by atoms with Crippen molar-refractivity contribution in [3.63, 3.8) is 0 Å². The third kappa shape index (κ3) is 5.27. The van der Waals surface area contributed by atoms with Gasteiger partial charge in [0.05, 0.1) is 18.2 Å². The summed E-state index contributed by atoms with van der Waals surface area (Å²) in [4.78, 5) is 6.00. The Bertz CT molecular complexity index is 774. The van der Waals surface area contributed by atoms with Crippen LogP contribution in [0.25, 0.3) is 0 Å². The molecule has 0 aliphatic heterocycles. The SMILES string of the molecule is CCNC(=NCc1ccc(C#N)cc1)NCC1(Sc2ccccc2)CC1. The number of rotatable bonds is 7. The lowest BCUT2D eigenvalue weighted by atomic mass is 10.1. The van der Waals surface area contributed by atoms with Crippen molar-refractivity contribution in [2.75, 3.05) is 13.1 Å². The van der Waals surface area contributed by atoms with Gasteiger partial charge in [0.2, 0.25) is 0 Å². The van der Waals surface area contributed by atoms with E-state index in [0.717, 1.165) is 24.6 Å². The number of thioether (sulfide) groups is 1. The van der Waals surface area contributed by atoms with Crippen LogP contribution in [0.1, 0.15) is 30.9 Å². The van der Waals surface area contributed by atoms with Crippen LogP contribution < -0.4 is 10.6 Å². The molecule has 2 aromatic rings. The highest BCUT2D eigenvalue weighted by Gasteiger charge is 2.43. The van der Waals surface area contributed by atoms with Crippen molar-refractivity contribution in [3.05, 3.63) is 65.7 Å². The zero-order chi connectivity index (χ0) is 18.2. The van der Waals surface area contributed by atoms with E-state index in [9.17, 15) is 0 Å². The first-order valence-electron chi connectivity index (χ1n) is 8.98. The summed E-state index contributed by atoms with van der Waals surface area (Å²) >= 11 is 1.96. The molecule has 0 heterocycles. The average Bonchev–Trinajstić information content (AvgIpc) is 3.45. The zero-order valence-corrected chi connectivity index (χ0v) is 15.9. The zero-order valence-electron chi connectivity index (χ0n) is 15.0. The van der Waals surface area contributed by atoms with Gasteiger partial charge in [0.1, 0.15) is 0 Å². The monoisotopic (exact) mass is 364 g/mol. The maximum absolute atomic E-state index is 8.87. The molecule has 0 spiro atoms. The first-order valence-corrected chi connectivity index (χ1v) is 9.80. The second-order valence-electron chi connectivity index (χ2n) is 6.46. The first kappa shape index (κ1) is 18.3. The number of benzene rings is 2. The van der Waals surface area contributed by atoms with Crippen molar-refractivity contribution in [2.24, 2.45) is 4.99 Å². The van der Waals surface area contributed by atoms with E-state index in [4.69, 9.17) is 5.26 Å². The Morgan fingerprint density at radius 1 is 1.12 bits per heavy atom. The van der Waals surface area contributed by atoms with Crippen LogP contribution in [0.15, 0.2) is 64.5 Å². The fourth-order valence-corrected chi connectivity index (χ4v) is 3.88. The van der Waals surface area contributed by atoms with Crippen LogP contribution in [-0.2, 0) is 6.54 Å². The van der Waals surface area contributed by atoms with Crippen molar-refractivity contribution >= 4 is 17.7 Å². The van der Waals surface area contributed by atoms with Crippen LogP contribution in [0.2, 0.25) is 0 Å². The maximum Gasteiger partial charge on any atom is 0.191 e. The minimum Gasteiger partial charge on any atom is -0.357 e. The molecule has 1 aliphatic carbocycles. The van der Waals surface area contributed by atoms with Crippen LogP contribution in [0, 0.1) is 11.3 Å². The van der Waals surface area contributed by atoms with Gasteiger partial charge in [-0.05, 0) is 49.6 Å². The molecule has 26 heavy (non-hydrogen) atoms. The third-order valence-electron chi connectivity index (χ3n) is 4.31. The van der Waals surface area contributed by atoms with Crippen molar-refractivity contribution in [2.45, 2.75) is 36.0 Å². The summed E-state index contributed by atoms with van der Waals surface area (Å²) < 4.78 is 0.284. The summed E-state index contributed by atoms with van der Waals surface area (Å²) in [6.45, 7) is 4.41. The molecule has 2 N–H and O–H groups in total. The molecule has 0 radical (unpaired) electrons. The number of aliphatic imine (C=N–C) groups is 1. The van der Waals surface area contributed by atoms with Crippen molar-refractivity contribution in [3.8, 4) is 6.07 Å². The smallest absolute Gasteiger partial charge is 0.191 e. The Kier molecular flexibility index (Phi) is 6.19. The summed E-state index contributed by atoms with van der Waals surface area (Å²) in [7, 11) is 0. The molecule has 1 fully saturated rings. The van der Waals surface area contributed by atoms with E-state index in [1.807, 2.05) is 36.0 Å². The van der Waals surface area contributed by atoms with E-state index in [2.05, 4.69) is 59.0 Å². The predicted octanol–water partition coefficient (Wildman–Crippen LogP) is 3.94. The summed E-state index contributed by atoms with van der Waals surface area (Å²) in [5.41, 5.74) is 1.78. The molecule has 1 saturated carbocycles. The lowest BCUT2D eigenvalue weighted by Crippen LogP contribution is -2.41. The molecule has 1 aliphatic rings. The van der Waals surface area contributed by atoms with Crippen LogP contribution in [0.3, 0.4) is 0 Å². The Balaban J connectivity index is 1.56. The van der Waals surface area contributed by atoms with E-state index in [-0.39, 0.29) is 4.75 Å². The van der Waals surface area contributed by atoms with Gasteiger partial charge in [0.15, 0.2) is 5.96 Å². The summed E-state index contributed by atoms with van der Waals surface area (Å²) in [5.74, 6) is 0.844. The molecule has 0 saturated heterocycles. The lowest BCUT2D eigenvalue weighted by Gasteiger charge is -2.18. The number of nitrogens with one attached hydrogen (secondary N) is 2. The molecule has 0 atom stereocenters. The van der Waals surface area contributed by atoms with Crippen molar-refractivity contribution in [1.82, 2.24) is 10.6 Å². The van der Waals surface area contributed by atoms with Gasteiger partial charge in [-0.3, -0.25) is 0 Å². The molecule has 0 unspecified atom stereocenters. The molecular formula is C21H24N4S. The van der Waals surface area contributed by atoms with Gasteiger partial charge >= 0.3 is 0 Å². The third-order valence-corrected chi connectivity index (χ3v) is 5.80. The fourth-order valence-electron chi connectivity index (χ4n) is 2.63. The molecule has 134 valence electrons. The van der Waals surface area contributed by atoms with Gasteiger partial charge in [-0.25, -0.2) is 4.99 Å². The lowest BCUT2D eigenvalue weighted by molar-refractivity contribution is 0.769. The fraction of sp³-hybridized carbons (Fsp3) is 0.333. The van der Waals surface area contributed by atoms with Crippen molar-refractivity contribution < 1.29 is 0 Å². The van der Waals surface area contributed by atoms with E-state index in [1.54, 1.807) is 0 Å². The average molecular weight is 365 g/mol. The topological polar surface area (TPSA) is 60.2 Å². The van der Waals surface area contributed by atoms with Crippen LogP contribution in [0.4, 0.5) is 0 Å². The highest BCUT2D eigenvalue weighted by atomic mass is 32.2. The number of nitriles is 1. The quantitative estimate of drug-likeness (QED) is 0.577. The number of nitrogens with zero attached hydrogens (tertiary/aromatic N) is 2. The van der Waals surface area contributed by atoms with Gasteiger partial charge in [-0.15, -0.1) is 11.8 Å². The molecule has 2 aromatic carbocycles. The maximum atomic E-state index is 8.87. The summed E-state index contributed by atoms with van der Waals surface area (Å²) in [6.07, 6.45) is 2.46. The molecule has 5 heteroatoms. The van der Waals surface area contributed by atoms with Crippen LogP contribution in [0.5, 0.6) is 0 Å². The highest BCUT2D eigenvalue weighted by Crippen LogP contribution is 2.51. The Morgan fingerprint density at radius 2 is 1.85 bits per heavy atom. The van der Waals surface area contributed by atoms with E-state index in [1.165, 1.54) is 17.7 Å². The molecule has 4 nitrogen and oxygen atoms in total. The van der Waals surface area contributed by atoms with Gasteiger partial charge < -0.3 is 10.6 Å². The van der Waals surface area contributed by atoms with E-state index >= 15 is 0 Å². The number of hydrogen-bond donors (Lipinski definition) is 2. The molecular weight excluding hydrogens is 340 g/mol. The van der Waals surface area contributed by atoms with Gasteiger partial charge in [-0.2, -0.15) is 5.26 Å². The Morgan fingerprint density at radius 3 is 2.46 bits per heavy atom. The predicted molar refractivity (Wildman–Crippen MR) is 108 cm³/mol. The van der Waals surface area contributed by atoms with Gasteiger partial charge in [0, 0.05) is 22.7 Å². The molecule has 3 rings (SSSR count). The Labute approximate surface area is 159 Å². The molecule has 0 aromatic heterocycles. The minimum atomic E-state index is 0.284. The number of hydrogen-bond acceptors (Lipinski definition) is 3. The first-order chi connectivity index (χ1) is 12.7. The van der Waals surface area contributed by atoms with Crippen LogP contribution >= 0.6 is 11.8 Å². The Hall–Kier alpha value is -2.45. The molecule has 0 bridgehead atoms. The van der Waals surface area contributed by atoms with E-state index in [0.29, 0.717) is 12.1 Å². The second-order valence-corrected chi connectivity index (χ2v) is 8.00. The standard InChI is InChI=1S/C21H24N4S/c1-2-23-20(24-15-18-10-8-17(14-22)9-11-18)25-16-21(12-13-21)26-19-6-4-3-5-7-19/h3-11H,2,12-13,15-16H2,1H3,(H2,23,24,25). The van der Waals surface area contributed by atoms with Gasteiger partial charge in [-0.1, -0.05) is 30.3 Å². The van der Waals surface area contributed by atoms with Crippen molar-refractivity contribution in [1.29, 1.82) is 5.26 Å². The number of guanidine groups is 1. The van der Waals surface area contributed by atoms with Gasteiger partial charge in [0.25, 0.3) is 0 Å². The molecule has 0 amide bonds. The van der Waals surface area contributed by atoms with E-state index < -0.39 is 0 Å². The normalized spacial score (nSPS) is 15.2. The summed E-state index contributed by atoms with van der Waals surface area (Å²) in [6, 6.07) is 20.3. The largest absolute Gasteiger partial charge is 0.357 e. The highest BCUT2D eigenvalue weighted by molar-refractivity contribution is 8.01. The minimum absolute atomic E-state index is 0.284. The summed E-state index contributed by atoms with van der Waals surface area (Å²) in [5, 5.41) is 15.7.